The highest BCUT2D eigenvalue weighted by Gasteiger charge is 2.20. The van der Waals surface area contributed by atoms with Crippen LogP contribution in [0.15, 0.2) is 24.7 Å². The number of ether oxygens (including phenoxy) is 1. The van der Waals surface area contributed by atoms with Crippen LogP contribution in [-0.4, -0.2) is 22.4 Å². The van der Waals surface area contributed by atoms with Crippen molar-refractivity contribution in [1.29, 1.82) is 0 Å². The van der Waals surface area contributed by atoms with Crippen LogP contribution in [0.1, 0.15) is 64.2 Å². The van der Waals surface area contributed by atoms with Gasteiger partial charge in [-0.25, -0.2) is 0 Å². The second-order valence-corrected chi connectivity index (χ2v) is 6.53. The minimum absolute atomic E-state index is 0.222. The average molecular weight is 294 g/mol. The lowest BCUT2D eigenvalue weighted by Crippen LogP contribution is -2.16. The largest absolute Gasteiger partial charge is 0.473 e. The highest BCUT2D eigenvalue weighted by atomic mass is 16.5. The number of aliphatic hydroxyl groups excluding tert-OH is 2. The van der Waals surface area contributed by atoms with Crippen molar-refractivity contribution in [3.8, 4) is 0 Å². The number of hydrogen-bond donors (Lipinski definition) is 2. The van der Waals surface area contributed by atoms with Gasteiger partial charge < -0.3 is 14.9 Å². The third-order valence-corrected chi connectivity index (χ3v) is 4.87. The van der Waals surface area contributed by atoms with Gasteiger partial charge in [0.1, 0.15) is 0 Å². The Bertz CT molecular complexity index is 305. The van der Waals surface area contributed by atoms with Crippen molar-refractivity contribution in [3.63, 3.8) is 0 Å². The standard InChI is InChI=1S/C18H30O3/c19-17-9-5-1-3-7-15(17)11-13-21-14-12-16-8-4-2-6-10-18(16)20/h11-20H,1-10H2. The number of rotatable bonds is 4. The smallest absolute Gasteiger partial charge is 0.0865 e. The molecule has 2 aliphatic rings. The molecule has 2 N–H and O–H groups in total. The molecular weight excluding hydrogens is 264 g/mol. The Morgan fingerprint density at radius 2 is 1.05 bits per heavy atom. The van der Waals surface area contributed by atoms with Crippen molar-refractivity contribution in [1.82, 2.24) is 0 Å². The van der Waals surface area contributed by atoms with Gasteiger partial charge in [-0.3, -0.25) is 0 Å². The molecule has 3 nitrogen and oxygen atoms in total. The van der Waals surface area contributed by atoms with Gasteiger partial charge in [-0.15, -0.1) is 0 Å². The lowest BCUT2D eigenvalue weighted by atomic mass is 9.97. The van der Waals surface area contributed by atoms with Crippen LogP contribution in [0, 0.1) is 11.8 Å². The Morgan fingerprint density at radius 1 is 0.619 bits per heavy atom. The molecule has 0 aromatic rings. The normalized spacial score (nSPS) is 35.7. The zero-order valence-electron chi connectivity index (χ0n) is 13.0. The third-order valence-electron chi connectivity index (χ3n) is 4.87. The van der Waals surface area contributed by atoms with Gasteiger partial charge in [0.15, 0.2) is 0 Å². The maximum atomic E-state index is 10.0. The number of hydrogen-bond acceptors (Lipinski definition) is 3. The van der Waals surface area contributed by atoms with Crippen molar-refractivity contribution in [2.75, 3.05) is 0 Å². The van der Waals surface area contributed by atoms with E-state index < -0.39 is 0 Å². The summed E-state index contributed by atoms with van der Waals surface area (Å²) in [6.07, 6.45) is 17.9. The van der Waals surface area contributed by atoms with Gasteiger partial charge in [0.2, 0.25) is 0 Å². The van der Waals surface area contributed by atoms with Crippen LogP contribution in [-0.2, 0) is 4.74 Å². The molecule has 2 fully saturated rings. The first-order valence-corrected chi connectivity index (χ1v) is 8.62. The Hall–Kier alpha value is -0.800. The summed E-state index contributed by atoms with van der Waals surface area (Å²) in [5.41, 5.74) is 0. The first-order valence-electron chi connectivity index (χ1n) is 8.62. The van der Waals surface area contributed by atoms with Crippen LogP contribution < -0.4 is 0 Å². The predicted molar refractivity (Wildman–Crippen MR) is 84.5 cm³/mol. The lowest BCUT2D eigenvalue weighted by Gasteiger charge is -2.16. The van der Waals surface area contributed by atoms with Crippen LogP contribution in [0.4, 0.5) is 0 Å². The Kier molecular flexibility index (Phi) is 7.31. The molecular formula is C18H30O3. The van der Waals surface area contributed by atoms with Crippen LogP contribution >= 0.6 is 0 Å². The van der Waals surface area contributed by atoms with Crippen molar-refractivity contribution in [2.45, 2.75) is 76.4 Å². The van der Waals surface area contributed by atoms with E-state index in [0.717, 1.165) is 38.5 Å². The first kappa shape index (κ1) is 16.6. The van der Waals surface area contributed by atoms with Crippen LogP contribution in [0.25, 0.3) is 0 Å². The first-order chi connectivity index (χ1) is 10.3. The van der Waals surface area contributed by atoms with Crippen molar-refractivity contribution in [2.24, 2.45) is 11.8 Å². The molecule has 0 radical (unpaired) electrons. The van der Waals surface area contributed by atoms with E-state index >= 15 is 0 Å². The quantitative estimate of drug-likeness (QED) is 0.610. The summed E-state index contributed by atoms with van der Waals surface area (Å²) in [5.74, 6) is 0.453. The maximum Gasteiger partial charge on any atom is 0.0865 e. The van der Waals surface area contributed by atoms with Gasteiger partial charge in [-0.2, -0.15) is 0 Å². The van der Waals surface area contributed by atoms with Crippen molar-refractivity contribution < 1.29 is 14.9 Å². The molecule has 0 aromatic carbocycles. The molecule has 4 unspecified atom stereocenters. The molecule has 0 aliphatic heterocycles. The molecule has 21 heavy (non-hydrogen) atoms. The molecule has 0 bridgehead atoms. The maximum absolute atomic E-state index is 10.0. The molecule has 0 saturated heterocycles. The average Bonchev–Trinajstić information content (AvgIpc) is 2.80. The van der Waals surface area contributed by atoms with Crippen LogP contribution in [0.3, 0.4) is 0 Å². The highest BCUT2D eigenvalue weighted by molar-refractivity contribution is 4.93. The third kappa shape index (κ3) is 5.84. The summed E-state index contributed by atoms with van der Waals surface area (Å²) in [4.78, 5) is 0. The predicted octanol–water partition coefficient (Wildman–Crippen LogP) is 3.91. The molecule has 3 heteroatoms. The van der Waals surface area contributed by atoms with Gasteiger partial charge in [0.05, 0.1) is 24.7 Å². The summed E-state index contributed by atoms with van der Waals surface area (Å²) in [7, 11) is 0. The summed E-state index contributed by atoms with van der Waals surface area (Å²) < 4.78 is 5.43. The summed E-state index contributed by atoms with van der Waals surface area (Å²) >= 11 is 0. The monoisotopic (exact) mass is 294 g/mol. The Morgan fingerprint density at radius 3 is 1.52 bits per heavy atom. The van der Waals surface area contributed by atoms with E-state index in [1.807, 2.05) is 12.2 Å². The fraction of sp³-hybridized carbons (Fsp3) is 0.778. The van der Waals surface area contributed by atoms with Gasteiger partial charge in [-0.1, -0.05) is 38.5 Å². The minimum Gasteiger partial charge on any atom is -0.473 e. The van der Waals surface area contributed by atoms with E-state index in [2.05, 4.69) is 0 Å². The molecule has 2 aliphatic carbocycles. The highest BCUT2D eigenvalue weighted by Crippen LogP contribution is 2.25. The zero-order chi connectivity index (χ0) is 14.9. The summed E-state index contributed by atoms with van der Waals surface area (Å²) in [6.45, 7) is 0. The second-order valence-electron chi connectivity index (χ2n) is 6.53. The molecule has 4 atom stereocenters. The van der Waals surface area contributed by atoms with Gasteiger partial charge in [-0.05, 0) is 37.8 Å². The Labute approximate surface area is 128 Å². The molecule has 0 spiro atoms. The summed E-state index contributed by atoms with van der Waals surface area (Å²) in [5, 5.41) is 20.0. The van der Waals surface area contributed by atoms with E-state index in [0.29, 0.717) is 0 Å². The van der Waals surface area contributed by atoms with E-state index in [4.69, 9.17) is 4.74 Å². The molecule has 0 amide bonds. The van der Waals surface area contributed by atoms with Gasteiger partial charge in [0.25, 0.3) is 0 Å². The van der Waals surface area contributed by atoms with Gasteiger partial charge >= 0.3 is 0 Å². The lowest BCUT2D eigenvalue weighted by molar-refractivity contribution is 0.121. The fourth-order valence-electron chi connectivity index (χ4n) is 3.42. The van der Waals surface area contributed by atoms with Gasteiger partial charge in [0, 0.05) is 11.8 Å². The molecule has 2 rings (SSSR count). The van der Waals surface area contributed by atoms with Crippen LogP contribution in [0.5, 0.6) is 0 Å². The number of aliphatic hydroxyl groups is 2. The van der Waals surface area contributed by atoms with Crippen molar-refractivity contribution >= 4 is 0 Å². The van der Waals surface area contributed by atoms with E-state index in [1.165, 1.54) is 25.7 Å². The van der Waals surface area contributed by atoms with E-state index in [1.54, 1.807) is 12.5 Å². The SMILES string of the molecule is OC1CCCCCC1C=COC=CC1CCCCCC1O. The van der Waals surface area contributed by atoms with E-state index in [9.17, 15) is 10.2 Å². The van der Waals surface area contributed by atoms with E-state index in [-0.39, 0.29) is 24.0 Å². The molecule has 0 aromatic heterocycles. The van der Waals surface area contributed by atoms with Crippen LogP contribution in [0.2, 0.25) is 0 Å². The zero-order valence-corrected chi connectivity index (χ0v) is 13.0. The molecule has 120 valence electrons. The minimum atomic E-state index is -0.222. The van der Waals surface area contributed by atoms with Crippen molar-refractivity contribution in [3.05, 3.63) is 24.7 Å². The topological polar surface area (TPSA) is 49.7 Å². The second kappa shape index (κ2) is 9.26. The molecule has 0 heterocycles. The fourth-order valence-corrected chi connectivity index (χ4v) is 3.42. The summed E-state index contributed by atoms with van der Waals surface area (Å²) in [6, 6.07) is 0. The molecule has 2 saturated carbocycles. The Balaban J connectivity index is 1.74.